The molecule has 1 atom stereocenters. The van der Waals surface area contributed by atoms with Gasteiger partial charge in [0.15, 0.2) is 0 Å². The van der Waals surface area contributed by atoms with Gasteiger partial charge in [-0.15, -0.1) is 0 Å². The Morgan fingerprint density at radius 1 is 1.65 bits per heavy atom. The lowest BCUT2D eigenvalue weighted by molar-refractivity contribution is -0.386. The Hall–Kier alpha value is -1.63. The molecule has 1 unspecified atom stereocenters. The molecule has 0 radical (unpaired) electrons. The van der Waals surface area contributed by atoms with Crippen LogP contribution in [0.3, 0.4) is 0 Å². The smallest absolute Gasteiger partial charge is 0.353 e. The fourth-order valence-electron chi connectivity index (χ4n) is 2.05. The maximum atomic E-state index is 11.0. The summed E-state index contributed by atoms with van der Waals surface area (Å²) in [6.07, 6.45) is 1.92. The number of hydrogen-bond acceptors (Lipinski definition) is 5. The van der Waals surface area contributed by atoms with Crippen LogP contribution in [0.1, 0.15) is 18.5 Å². The maximum Gasteiger partial charge on any atom is 0.353 e. The summed E-state index contributed by atoms with van der Waals surface area (Å²) in [4.78, 5) is 10.5. The fraction of sp³-hybridized carbons (Fsp3) is 0.700. The van der Waals surface area contributed by atoms with E-state index in [0.717, 1.165) is 25.9 Å². The Labute approximate surface area is 98.9 Å². The molecular weight excluding hydrogens is 224 g/mol. The second-order valence-corrected chi connectivity index (χ2v) is 4.21. The van der Waals surface area contributed by atoms with Crippen molar-refractivity contribution in [2.24, 2.45) is 7.05 Å². The van der Waals surface area contributed by atoms with Crippen molar-refractivity contribution < 1.29 is 9.66 Å². The first-order valence-corrected chi connectivity index (χ1v) is 5.65. The zero-order valence-electron chi connectivity index (χ0n) is 9.97. The summed E-state index contributed by atoms with van der Waals surface area (Å²) >= 11 is 0. The SMILES string of the molecule is Cc1nn(C)c(OC2CCCNC2)c1[N+](=O)[O-]. The maximum absolute atomic E-state index is 11.0. The quantitative estimate of drug-likeness (QED) is 0.623. The van der Waals surface area contributed by atoms with E-state index in [4.69, 9.17) is 4.74 Å². The van der Waals surface area contributed by atoms with E-state index >= 15 is 0 Å². The molecular formula is C10H16N4O3. The van der Waals surface area contributed by atoms with Crippen molar-refractivity contribution in [1.29, 1.82) is 0 Å². The van der Waals surface area contributed by atoms with Gasteiger partial charge in [-0.05, 0) is 26.3 Å². The number of nitrogens with zero attached hydrogens (tertiary/aromatic N) is 3. The standard InChI is InChI=1S/C10H16N4O3/c1-7-9(14(15)16)10(13(2)12-7)17-8-4-3-5-11-6-8/h8,11H,3-6H2,1-2H3. The van der Waals surface area contributed by atoms with Crippen LogP contribution in [0.5, 0.6) is 5.88 Å². The topological polar surface area (TPSA) is 82.2 Å². The molecule has 1 saturated heterocycles. The van der Waals surface area contributed by atoms with E-state index in [-0.39, 0.29) is 17.7 Å². The van der Waals surface area contributed by atoms with Gasteiger partial charge in [0.05, 0.1) is 4.92 Å². The molecule has 1 fully saturated rings. The van der Waals surface area contributed by atoms with E-state index in [1.165, 1.54) is 4.68 Å². The van der Waals surface area contributed by atoms with Crippen molar-refractivity contribution >= 4 is 5.69 Å². The van der Waals surface area contributed by atoms with Gasteiger partial charge in [-0.25, -0.2) is 4.68 Å². The van der Waals surface area contributed by atoms with Crippen LogP contribution in [0.4, 0.5) is 5.69 Å². The summed E-state index contributed by atoms with van der Waals surface area (Å²) < 4.78 is 7.13. The number of aryl methyl sites for hydroxylation is 2. The second kappa shape index (κ2) is 4.70. The third-order valence-electron chi connectivity index (χ3n) is 2.85. The van der Waals surface area contributed by atoms with Crippen LogP contribution >= 0.6 is 0 Å². The minimum absolute atomic E-state index is 0.0164. The van der Waals surface area contributed by atoms with Crippen LogP contribution in [0.15, 0.2) is 0 Å². The Kier molecular flexibility index (Phi) is 3.28. The molecule has 1 aliphatic rings. The molecule has 1 aromatic heterocycles. The molecule has 1 N–H and O–H groups in total. The van der Waals surface area contributed by atoms with E-state index in [0.29, 0.717) is 5.69 Å². The van der Waals surface area contributed by atoms with Crippen LogP contribution in [-0.4, -0.2) is 33.9 Å². The van der Waals surface area contributed by atoms with Gasteiger partial charge in [0.2, 0.25) is 0 Å². The van der Waals surface area contributed by atoms with Gasteiger partial charge >= 0.3 is 5.69 Å². The normalized spacial score (nSPS) is 20.2. The van der Waals surface area contributed by atoms with Crippen molar-refractivity contribution in [3.63, 3.8) is 0 Å². The van der Waals surface area contributed by atoms with Crippen LogP contribution in [0, 0.1) is 17.0 Å². The predicted molar refractivity (Wildman–Crippen MR) is 61.1 cm³/mol. The molecule has 0 saturated carbocycles. The molecule has 1 aromatic rings. The molecule has 17 heavy (non-hydrogen) atoms. The number of aromatic nitrogens is 2. The molecule has 7 nitrogen and oxygen atoms in total. The molecule has 1 aliphatic heterocycles. The summed E-state index contributed by atoms with van der Waals surface area (Å²) in [6, 6.07) is 0. The molecule has 0 bridgehead atoms. The van der Waals surface area contributed by atoms with Crippen molar-refractivity contribution in [2.75, 3.05) is 13.1 Å². The lowest BCUT2D eigenvalue weighted by Crippen LogP contribution is -2.37. The van der Waals surface area contributed by atoms with Crippen LogP contribution in [0.2, 0.25) is 0 Å². The van der Waals surface area contributed by atoms with Crippen molar-refractivity contribution in [1.82, 2.24) is 15.1 Å². The molecule has 94 valence electrons. The predicted octanol–water partition coefficient (Wildman–Crippen LogP) is 0.768. The molecule has 2 heterocycles. The Bertz CT molecular complexity index is 423. The number of rotatable bonds is 3. The highest BCUT2D eigenvalue weighted by atomic mass is 16.6. The third-order valence-corrected chi connectivity index (χ3v) is 2.85. The minimum atomic E-state index is -0.437. The first-order valence-electron chi connectivity index (χ1n) is 5.65. The Balaban J connectivity index is 2.21. The number of nitrogens with one attached hydrogen (secondary N) is 1. The summed E-state index contributed by atoms with van der Waals surface area (Å²) in [5.74, 6) is 0.251. The average molecular weight is 240 g/mol. The summed E-state index contributed by atoms with van der Waals surface area (Å²) in [7, 11) is 1.66. The zero-order valence-corrected chi connectivity index (χ0v) is 9.97. The van der Waals surface area contributed by atoms with E-state index in [1.807, 2.05) is 0 Å². The third kappa shape index (κ3) is 2.38. The molecule has 7 heteroatoms. The van der Waals surface area contributed by atoms with Crippen molar-refractivity contribution in [2.45, 2.75) is 25.9 Å². The molecule has 0 amide bonds. The monoisotopic (exact) mass is 240 g/mol. The van der Waals surface area contributed by atoms with Gasteiger partial charge in [0.1, 0.15) is 11.8 Å². The average Bonchev–Trinajstić information content (AvgIpc) is 2.55. The van der Waals surface area contributed by atoms with E-state index in [9.17, 15) is 10.1 Å². The van der Waals surface area contributed by atoms with Crippen LogP contribution < -0.4 is 10.1 Å². The lowest BCUT2D eigenvalue weighted by atomic mass is 10.1. The van der Waals surface area contributed by atoms with E-state index in [1.54, 1.807) is 14.0 Å². The molecule has 2 rings (SSSR count). The van der Waals surface area contributed by atoms with Gasteiger partial charge in [-0.1, -0.05) is 0 Å². The number of nitro groups is 1. The summed E-state index contributed by atoms with van der Waals surface area (Å²) in [6.45, 7) is 3.32. The highest BCUT2D eigenvalue weighted by Crippen LogP contribution is 2.31. The van der Waals surface area contributed by atoms with Gasteiger partial charge in [-0.3, -0.25) is 10.1 Å². The lowest BCUT2D eigenvalue weighted by Gasteiger charge is -2.23. The number of piperidine rings is 1. The van der Waals surface area contributed by atoms with Gasteiger partial charge in [0.25, 0.3) is 5.88 Å². The summed E-state index contributed by atoms with van der Waals surface area (Å²) in [5.41, 5.74) is 0.356. The number of ether oxygens (including phenoxy) is 1. The minimum Gasteiger partial charge on any atom is -0.468 e. The first-order chi connectivity index (χ1) is 8.09. The Morgan fingerprint density at radius 2 is 2.41 bits per heavy atom. The van der Waals surface area contributed by atoms with Crippen molar-refractivity contribution in [3.8, 4) is 5.88 Å². The number of hydrogen-bond donors (Lipinski definition) is 1. The molecule has 0 spiro atoms. The van der Waals surface area contributed by atoms with Crippen LogP contribution in [-0.2, 0) is 7.05 Å². The first kappa shape index (κ1) is 11.8. The van der Waals surface area contributed by atoms with Gasteiger partial charge in [-0.2, -0.15) is 5.10 Å². The highest BCUT2D eigenvalue weighted by Gasteiger charge is 2.28. The fourth-order valence-corrected chi connectivity index (χ4v) is 2.05. The second-order valence-electron chi connectivity index (χ2n) is 4.21. The van der Waals surface area contributed by atoms with Gasteiger partial charge < -0.3 is 10.1 Å². The van der Waals surface area contributed by atoms with Gasteiger partial charge in [0, 0.05) is 13.6 Å². The molecule has 0 aromatic carbocycles. The zero-order chi connectivity index (χ0) is 12.4. The van der Waals surface area contributed by atoms with E-state index in [2.05, 4.69) is 10.4 Å². The van der Waals surface area contributed by atoms with Crippen LogP contribution in [0.25, 0.3) is 0 Å². The molecule has 0 aliphatic carbocycles. The summed E-state index contributed by atoms with van der Waals surface area (Å²) in [5, 5.41) is 18.2. The highest BCUT2D eigenvalue weighted by molar-refractivity contribution is 5.45. The van der Waals surface area contributed by atoms with Crippen molar-refractivity contribution in [3.05, 3.63) is 15.8 Å². The van der Waals surface area contributed by atoms with E-state index < -0.39 is 4.92 Å². The largest absolute Gasteiger partial charge is 0.468 e. The Morgan fingerprint density at radius 3 is 3.00 bits per heavy atom.